The van der Waals surface area contributed by atoms with Gasteiger partial charge in [-0.2, -0.15) is 0 Å². The number of rotatable bonds is 10. The molecule has 6 nitrogen and oxygen atoms in total. The highest BCUT2D eigenvalue weighted by molar-refractivity contribution is 5.89. The Bertz CT molecular complexity index is 865. The zero-order valence-electron chi connectivity index (χ0n) is 18.6. The Morgan fingerprint density at radius 2 is 1.87 bits per heavy atom. The van der Waals surface area contributed by atoms with E-state index in [-0.39, 0.29) is 6.10 Å². The van der Waals surface area contributed by atoms with Crippen LogP contribution in [0.5, 0.6) is 11.5 Å². The summed E-state index contributed by atoms with van der Waals surface area (Å²) in [5, 5.41) is 4.69. The van der Waals surface area contributed by atoms with E-state index in [4.69, 9.17) is 19.2 Å². The molecule has 0 amide bonds. The van der Waals surface area contributed by atoms with Gasteiger partial charge in [-0.15, -0.1) is 0 Å². The van der Waals surface area contributed by atoms with Crippen molar-refractivity contribution >= 4 is 16.7 Å². The summed E-state index contributed by atoms with van der Waals surface area (Å²) in [5.41, 5.74) is 3.71. The molecule has 1 unspecified atom stereocenters. The fourth-order valence-electron chi connectivity index (χ4n) is 4.59. The number of aryl methyl sites for hydroxylation is 1. The van der Waals surface area contributed by atoms with Crippen LogP contribution in [0.15, 0.2) is 12.1 Å². The lowest BCUT2D eigenvalue weighted by molar-refractivity contribution is 0.128. The first-order valence-corrected chi connectivity index (χ1v) is 11.3. The van der Waals surface area contributed by atoms with Crippen LogP contribution in [0.4, 0.5) is 5.82 Å². The van der Waals surface area contributed by atoms with E-state index < -0.39 is 0 Å². The number of nitrogens with one attached hydrogen (secondary N) is 1. The van der Waals surface area contributed by atoms with Crippen LogP contribution in [0.25, 0.3) is 10.9 Å². The maximum atomic E-state index is 6.14. The highest BCUT2D eigenvalue weighted by Crippen LogP contribution is 2.39. The molecule has 1 aromatic carbocycles. The molecule has 2 heterocycles. The molecule has 30 heavy (non-hydrogen) atoms. The van der Waals surface area contributed by atoms with Gasteiger partial charge in [0.15, 0.2) is 11.5 Å². The fraction of sp³-hybridized carbons (Fsp3) is 0.625. The summed E-state index contributed by atoms with van der Waals surface area (Å²) < 4.78 is 17.2. The predicted octanol–water partition coefficient (Wildman–Crippen LogP) is 4.04. The monoisotopic (exact) mass is 413 g/mol. The minimum Gasteiger partial charge on any atom is -0.493 e. The summed E-state index contributed by atoms with van der Waals surface area (Å²) in [5.74, 6) is 2.57. The lowest BCUT2D eigenvalue weighted by Gasteiger charge is -2.18. The van der Waals surface area contributed by atoms with Crippen molar-refractivity contribution in [1.82, 2.24) is 9.88 Å². The fourth-order valence-corrected chi connectivity index (χ4v) is 4.59. The minimum absolute atomic E-state index is 0.143. The first-order chi connectivity index (χ1) is 14.7. The van der Waals surface area contributed by atoms with Crippen LogP contribution in [0, 0.1) is 0 Å². The van der Waals surface area contributed by atoms with E-state index in [0.29, 0.717) is 6.61 Å². The van der Waals surface area contributed by atoms with E-state index in [1.165, 1.54) is 48.9 Å². The van der Waals surface area contributed by atoms with Crippen LogP contribution in [-0.4, -0.2) is 63.0 Å². The van der Waals surface area contributed by atoms with E-state index in [1.807, 2.05) is 6.07 Å². The van der Waals surface area contributed by atoms with Crippen molar-refractivity contribution < 1.29 is 14.2 Å². The third-order valence-corrected chi connectivity index (χ3v) is 6.38. The lowest BCUT2D eigenvalue weighted by atomic mass is 10.0. The van der Waals surface area contributed by atoms with E-state index in [9.17, 15) is 0 Å². The van der Waals surface area contributed by atoms with Gasteiger partial charge in [-0.1, -0.05) is 0 Å². The number of aromatic nitrogens is 1. The average Bonchev–Trinajstić information content (AvgIpc) is 3.46. The number of likely N-dealkylation sites (tertiary alicyclic amines) is 1. The van der Waals surface area contributed by atoms with Crippen molar-refractivity contribution in [2.24, 2.45) is 0 Å². The standard InChI is InChI=1S/C24H35N3O3/c1-17(28-2)16-25-24-19-9-6-8-18(19)20-14-22(29-3)23(15-21(20)26-24)30-13-7-12-27-10-4-5-11-27/h14-15,17H,4-13,16H2,1-3H3,(H,25,26). The maximum absolute atomic E-state index is 6.14. The van der Waals surface area contributed by atoms with Gasteiger partial charge in [-0.25, -0.2) is 4.98 Å². The van der Waals surface area contributed by atoms with Crippen molar-refractivity contribution in [3.05, 3.63) is 23.3 Å². The normalized spacial score (nSPS) is 17.3. The van der Waals surface area contributed by atoms with Crippen molar-refractivity contribution in [2.75, 3.05) is 52.3 Å². The van der Waals surface area contributed by atoms with Gasteiger partial charge in [0, 0.05) is 31.7 Å². The molecule has 1 atom stereocenters. The summed E-state index contributed by atoms with van der Waals surface area (Å²) in [7, 11) is 3.46. The number of ether oxygens (including phenoxy) is 3. The van der Waals surface area contributed by atoms with Gasteiger partial charge in [-0.3, -0.25) is 0 Å². The van der Waals surface area contributed by atoms with Gasteiger partial charge in [0.05, 0.1) is 25.3 Å². The molecule has 2 aliphatic rings. The van der Waals surface area contributed by atoms with Crippen LogP contribution >= 0.6 is 0 Å². The summed E-state index contributed by atoms with van der Waals surface area (Å²) in [4.78, 5) is 7.49. The zero-order valence-corrected chi connectivity index (χ0v) is 18.6. The van der Waals surface area contributed by atoms with E-state index in [1.54, 1.807) is 14.2 Å². The number of anilines is 1. The van der Waals surface area contributed by atoms with Gasteiger partial charge in [-0.05, 0) is 75.7 Å². The number of pyridine rings is 1. The maximum Gasteiger partial charge on any atom is 0.163 e. The molecule has 1 N–H and O–H groups in total. The molecular formula is C24H35N3O3. The first-order valence-electron chi connectivity index (χ1n) is 11.3. The van der Waals surface area contributed by atoms with Gasteiger partial charge in [0.25, 0.3) is 0 Å². The molecule has 164 valence electrons. The number of benzene rings is 1. The van der Waals surface area contributed by atoms with E-state index in [0.717, 1.165) is 55.2 Å². The van der Waals surface area contributed by atoms with Crippen molar-refractivity contribution in [2.45, 2.75) is 51.6 Å². The highest BCUT2D eigenvalue weighted by atomic mass is 16.5. The van der Waals surface area contributed by atoms with Gasteiger partial charge >= 0.3 is 0 Å². The van der Waals surface area contributed by atoms with Crippen LogP contribution in [0.2, 0.25) is 0 Å². The summed E-state index contributed by atoms with van der Waals surface area (Å²) in [6.07, 6.45) is 7.15. The van der Waals surface area contributed by atoms with Crippen molar-refractivity contribution in [3.8, 4) is 11.5 Å². The number of fused-ring (bicyclic) bond motifs is 3. The SMILES string of the molecule is COc1cc2c3c(c(NCC(C)OC)nc2cc1OCCCN1CCCC1)CCC3. The van der Waals surface area contributed by atoms with Crippen molar-refractivity contribution in [1.29, 1.82) is 0 Å². The third kappa shape index (κ3) is 4.65. The molecular weight excluding hydrogens is 378 g/mol. The molecule has 1 aliphatic carbocycles. The molecule has 0 spiro atoms. The van der Waals surface area contributed by atoms with Crippen LogP contribution in [0.1, 0.15) is 43.7 Å². The quantitative estimate of drug-likeness (QED) is 0.593. The van der Waals surface area contributed by atoms with E-state index in [2.05, 4.69) is 23.2 Å². The smallest absolute Gasteiger partial charge is 0.163 e. The van der Waals surface area contributed by atoms with E-state index >= 15 is 0 Å². The Morgan fingerprint density at radius 1 is 1.07 bits per heavy atom. The number of nitrogens with zero attached hydrogens (tertiary/aromatic N) is 2. The highest BCUT2D eigenvalue weighted by Gasteiger charge is 2.22. The Labute approximate surface area is 179 Å². The lowest BCUT2D eigenvalue weighted by Crippen LogP contribution is -2.22. The van der Waals surface area contributed by atoms with Gasteiger partial charge < -0.3 is 24.4 Å². The minimum atomic E-state index is 0.143. The Hall–Kier alpha value is -2.05. The second kappa shape index (κ2) is 9.84. The molecule has 0 radical (unpaired) electrons. The Balaban J connectivity index is 1.54. The van der Waals surface area contributed by atoms with Crippen molar-refractivity contribution in [3.63, 3.8) is 0 Å². The largest absolute Gasteiger partial charge is 0.493 e. The van der Waals surface area contributed by atoms with Crippen LogP contribution in [-0.2, 0) is 17.6 Å². The molecule has 4 rings (SSSR count). The average molecular weight is 414 g/mol. The number of hydrogen-bond donors (Lipinski definition) is 1. The summed E-state index contributed by atoms with van der Waals surface area (Å²) >= 11 is 0. The molecule has 1 saturated heterocycles. The Kier molecular flexibility index (Phi) is 6.95. The molecule has 6 heteroatoms. The summed E-state index contributed by atoms with van der Waals surface area (Å²) in [6, 6.07) is 4.16. The third-order valence-electron chi connectivity index (χ3n) is 6.38. The number of hydrogen-bond acceptors (Lipinski definition) is 6. The van der Waals surface area contributed by atoms with Gasteiger partial charge in [0.2, 0.25) is 0 Å². The zero-order chi connectivity index (χ0) is 20.9. The molecule has 2 aromatic rings. The molecule has 1 fully saturated rings. The number of methoxy groups -OCH3 is 2. The topological polar surface area (TPSA) is 55.9 Å². The van der Waals surface area contributed by atoms with Gasteiger partial charge in [0.1, 0.15) is 5.82 Å². The Morgan fingerprint density at radius 3 is 2.63 bits per heavy atom. The predicted molar refractivity (Wildman–Crippen MR) is 121 cm³/mol. The second-order valence-electron chi connectivity index (χ2n) is 8.47. The van der Waals surface area contributed by atoms with Crippen LogP contribution in [0.3, 0.4) is 0 Å². The summed E-state index contributed by atoms with van der Waals surface area (Å²) in [6.45, 7) is 7.06. The second-order valence-corrected chi connectivity index (χ2v) is 8.47. The molecule has 0 saturated carbocycles. The molecule has 1 aliphatic heterocycles. The van der Waals surface area contributed by atoms with Crippen LogP contribution < -0.4 is 14.8 Å². The first kappa shape index (κ1) is 21.2. The molecule has 1 aromatic heterocycles. The molecule has 0 bridgehead atoms.